The molecular formula is C22H30N2O5S. The van der Waals surface area contributed by atoms with Crippen molar-refractivity contribution in [2.45, 2.75) is 39.3 Å². The minimum absolute atomic E-state index is 0.270. The molecule has 8 heteroatoms. The fourth-order valence-corrected chi connectivity index (χ4v) is 4.24. The van der Waals surface area contributed by atoms with Gasteiger partial charge in [0.2, 0.25) is 15.9 Å². The zero-order valence-electron chi connectivity index (χ0n) is 18.1. The summed E-state index contributed by atoms with van der Waals surface area (Å²) in [7, 11) is -2.16. The van der Waals surface area contributed by atoms with Crippen LogP contribution < -0.4 is 19.1 Å². The van der Waals surface area contributed by atoms with E-state index in [1.54, 1.807) is 31.2 Å². The van der Waals surface area contributed by atoms with Gasteiger partial charge in [0, 0.05) is 0 Å². The number of sulfonamides is 1. The van der Waals surface area contributed by atoms with E-state index >= 15 is 0 Å². The lowest BCUT2D eigenvalue weighted by atomic mass is 10.1. The van der Waals surface area contributed by atoms with E-state index in [4.69, 9.17) is 9.47 Å². The van der Waals surface area contributed by atoms with Crippen molar-refractivity contribution in [3.8, 4) is 11.5 Å². The van der Waals surface area contributed by atoms with Crippen molar-refractivity contribution in [3.05, 3.63) is 54.1 Å². The molecule has 0 aliphatic carbocycles. The number of nitrogens with zero attached hydrogens (tertiary/aromatic N) is 1. The van der Waals surface area contributed by atoms with Crippen LogP contribution >= 0.6 is 0 Å². The molecule has 0 bridgehead atoms. The largest absolute Gasteiger partial charge is 0.497 e. The first kappa shape index (κ1) is 23.5. The molecule has 7 nitrogen and oxygen atoms in total. The van der Waals surface area contributed by atoms with Crippen molar-refractivity contribution >= 4 is 21.6 Å². The number of aryl methyl sites for hydroxylation is 1. The molecule has 30 heavy (non-hydrogen) atoms. The maximum atomic E-state index is 12.9. The fourth-order valence-electron chi connectivity index (χ4n) is 3.03. The monoisotopic (exact) mass is 434 g/mol. The summed E-state index contributed by atoms with van der Waals surface area (Å²) < 4.78 is 37.0. The summed E-state index contributed by atoms with van der Waals surface area (Å²) in [5, 5.41) is 2.86. The van der Waals surface area contributed by atoms with Crippen molar-refractivity contribution in [2.24, 2.45) is 0 Å². The lowest BCUT2D eigenvalue weighted by molar-refractivity contribution is -0.123. The van der Waals surface area contributed by atoms with Crippen molar-refractivity contribution in [2.75, 3.05) is 24.3 Å². The van der Waals surface area contributed by atoms with Crippen LogP contribution in [0.1, 0.15) is 25.8 Å². The number of carbonyl (C=O) groups is 1. The summed E-state index contributed by atoms with van der Waals surface area (Å²) in [5.74, 6) is 0.940. The maximum Gasteiger partial charge on any atom is 0.244 e. The first-order chi connectivity index (χ1) is 14.2. The average Bonchev–Trinajstić information content (AvgIpc) is 2.70. The summed E-state index contributed by atoms with van der Waals surface area (Å²) in [6.45, 7) is 5.86. The average molecular weight is 435 g/mol. The molecule has 0 fully saturated rings. The molecule has 0 aromatic heterocycles. The molecule has 0 spiro atoms. The Labute approximate surface area is 179 Å². The number of benzene rings is 2. The number of anilines is 1. The van der Waals surface area contributed by atoms with Crippen LogP contribution in [0.3, 0.4) is 0 Å². The molecular weight excluding hydrogens is 404 g/mol. The third-order valence-electron chi connectivity index (χ3n) is 4.57. The molecule has 1 amide bonds. The van der Waals surface area contributed by atoms with E-state index < -0.39 is 16.1 Å². The second kappa shape index (κ2) is 10.3. The van der Waals surface area contributed by atoms with Gasteiger partial charge < -0.3 is 14.8 Å². The first-order valence-corrected chi connectivity index (χ1v) is 11.6. The van der Waals surface area contributed by atoms with Gasteiger partial charge in [-0.1, -0.05) is 24.6 Å². The van der Waals surface area contributed by atoms with Gasteiger partial charge in [0.25, 0.3) is 0 Å². The highest BCUT2D eigenvalue weighted by molar-refractivity contribution is 7.92. The van der Waals surface area contributed by atoms with Gasteiger partial charge in [-0.3, -0.25) is 9.10 Å². The Morgan fingerprint density at radius 2 is 1.63 bits per heavy atom. The van der Waals surface area contributed by atoms with Gasteiger partial charge in [-0.2, -0.15) is 0 Å². The minimum atomic E-state index is -3.69. The minimum Gasteiger partial charge on any atom is -0.497 e. The van der Waals surface area contributed by atoms with Crippen LogP contribution in [0, 0.1) is 6.92 Å². The van der Waals surface area contributed by atoms with E-state index in [2.05, 4.69) is 5.32 Å². The van der Waals surface area contributed by atoms with Gasteiger partial charge >= 0.3 is 0 Å². The summed E-state index contributed by atoms with van der Waals surface area (Å²) in [6.07, 6.45) is 1.41. The lowest BCUT2D eigenvalue weighted by Gasteiger charge is -2.31. The second-order valence-electron chi connectivity index (χ2n) is 7.21. The van der Waals surface area contributed by atoms with E-state index in [9.17, 15) is 13.2 Å². The molecule has 0 saturated heterocycles. The number of amides is 1. The highest BCUT2D eigenvalue weighted by atomic mass is 32.2. The predicted molar refractivity (Wildman–Crippen MR) is 119 cm³/mol. The smallest absolute Gasteiger partial charge is 0.244 e. The molecule has 0 saturated carbocycles. The molecule has 2 aromatic carbocycles. The zero-order valence-corrected chi connectivity index (χ0v) is 18.9. The van der Waals surface area contributed by atoms with Crippen LogP contribution in [-0.4, -0.2) is 46.4 Å². The van der Waals surface area contributed by atoms with Gasteiger partial charge in [0.15, 0.2) is 0 Å². The maximum absolute atomic E-state index is 12.9. The molecule has 2 atom stereocenters. The quantitative estimate of drug-likeness (QED) is 0.621. The van der Waals surface area contributed by atoms with E-state index in [0.29, 0.717) is 23.6 Å². The van der Waals surface area contributed by atoms with E-state index in [1.165, 1.54) is 7.11 Å². The van der Waals surface area contributed by atoms with Gasteiger partial charge in [-0.15, -0.1) is 0 Å². The number of hydrogen-bond donors (Lipinski definition) is 1. The predicted octanol–water partition coefficient (Wildman–Crippen LogP) is 3.13. The molecule has 164 valence electrons. The van der Waals surface area contributed by atoms with E-state index in [-0.39, 0.29) is 18.6 Å². The Bertz CT molecular complexity index is 927. The van der Waals surface area contributed by atoms with Crippen LogP contribution in [0.25, 0.3) is 0 Å². The Hall–Kier alpha value is -2.74. The van der Waals surface area contributed by atoms with Gasteiger partial charge in [-0.25, -0.2) is 8.42 Å². The third kappa shape index (κ3) is 6.38. The Morgan fingerprint density at radius 3 is 2.13 bits per heavy atom. The molecule has 0 radical (unpaired) electrons. The van der Waals surface area contributed by atoms with Crippen molar-refractivity contribution < 1.29 is 22.7 Å². The van der Waals surface area contributed by atoms with Crippen LogP contribution in [0.2, 0.25) is 0 Å². The van der Waals surface area contributed by atoms with Crippen molar-refractivity contribution in [3.63, 3.8) is 0 Å². The number of ether oxygens (including phenoxy) is 2. The van der Waals surface area contributed by atoms with E-state index in [0.717, 1.165) is 16.1 Å². The van der Waals surface area contributed by atoms with Crippen LogP contribution in [0.4, 0.5) is 5.69 Å². The van der Waals surface area contributed by atoms with Gasteiger partial charge in [0.05, 0.1) is 25.1 Å². The lowest BCUT2D eigenvalue weighted by Crippen LogP contribution is -2.52. The first-order valence-electron chi connectivity index (χ1n) is 9.79. The SMILES string of the molecule is CC[C@H](C(=O)N[C@H](C)COc1ccc(C)cc1)N(c1ccc(OC)cc1)S(C)(=O)=O. The van der Waals surface area contributed by atoms with E-state index in [1.807, 2.05) is 38.1 Å². The number of methoxy groups -OCH3 is 1. The van der Waals surface area contributed by atoms with Gasteiger partial charge in [-0.05, 0) is 56.7 Å². The Balaban J connectivity index is 2.11. The molecule has 1 N–H and O–H groups in total. The number of carbonyl (C=O) groups excluding carboxylic acids is 1. The second-order valence-corrected chi connectivity index (χ2v) is 9.07. The molecule has 0 unspecified atom stereocenters. The number of hydrogen-bond acceptors (Lipinski definition) is 5. The van der Waals surface area contributed by atoms with Crippen molar-refractivity contribution in [1.29, 1.82) is 0 Å². The number of nitrogens with one attached hydrogen (secondary N) is 1. The summed E-state index contributed by atoms with van der Waals surface area (Å²) in [4.78, 5) is 12.9. The number of rotatable bonds is 10. The highest BCUT2D eigenvalue weighted by Crippen LogP contribution is 2.25. The molecule has 0 aliphatic rings. The van der Waals surface area contributed by atoms with Gasteiger partial charge in [0.1, 0.15) is 24.1 Å². The topological polar surface area (TPSA) is 84.9 Å². The normalized spacial score (nSPS) is 13.2. The Morgan fingerprint density at radius 1 is 1.07 bits per heavy atom. The Kier molecular flexibility index (Phi) is 8.11. The fraction of sp³-hybridized carbons (Fsp3) is 0.409. The zero-order chi connectivity index (χ0) is 22.3. The standard InChI is InChI=1S/C22H30N2O5S/c1-6-21(24(30(5,26)27)18-9-13-19(28-4)14-10-18)22(25)23-17(3)15-29-20-11-7-16(2)8-12-20/h7-14,17,21H,6,15H2,1-5H3,(H,23,25)/t17-,21-/m1/s1. The summed E-state index contributed by atoms with van der Waals surface area (Å²) >= 11 is 0. The summed E-state index contributed by atoms with van der Waals surface area (Å²) in [5.41, 5.74) is 1.54. The third-order valence-corrected chi connectivity index (χ3v) is 5.75. The molecule has 2 rings (SSSR count). The molecule has 0 aliphatic heterocycles. The van der Waals surface area contributed by atoms with Crippen molar-refractivity contribution in [1.82, 2.24) is 5.32 Å². The van der Waals surface area contributed by atoms with Crippen LogP contribution in [0.15, 0.2) is 48.5 Å². The van der Waals surface area contributed by atoms with Crippen LogP contribution in [0.5, 0.6) is 11.5 Å². The summed E-state index contributed by atoms with van der Waals surface area (Å²) in [6, 6.07) is 13.0. The molecule has 0 heterocycles. The molecule has 2 aromatic rings. The highest BCUT2D eigenvalue weighted by Gasteiger charge is 2.32. The van der Waals surface area contributed by atoms with Crippen LogP contribution in [-0.2, 0) is 14.8 Å².